The molecule has 0 aliphatic carbocycles. The Hall–Kier alpha value is -4.08. The normalized spacial score (nSPS) is 12.0. The first-order valence-electron chi connectivity index (χ1n) is 12.6. The number of ether oxygens (including phenoxy) is 1. The van der Waals surface area contributed by atoms with E-state index in [1.807, 2.05) is 57.4 Å². The summed E-state index contributed by atoms with van der Waals surface area (Å²) in [6.45, 7) is 2.88. The maximum absolute atomic E-state index is 13.6. The van der Waals surface area contributed by atoms with Crippen LogP contribution in [0.5, 0.6) is 5.75 Å². The Bertz CT molecular complexity index is 1670. The lowest BCUT2D eigenvalue weighted by atomic mass is 10.0. The number of rotatable bonds is 9. The quantitative estimate of drug-likeness (QED) is 0.278. The van der Waals surface area contributed by atoms with E-state index >= 15 is 0 Å². The van der Waals surface area contributed by atoms with Gasteiger partial charge in [0.05, 0.1) is 18.1 Å². The third-order valence-corrected chi connectivity index (χ3v) is 7.08. The van der Waals surface area contributed by atoms with E-state index in [0.717, 1.165) is 56.7 Å². The SMILES string of the molecule is COc1c2[nH]c3ccc(C(N)=O)cc3c2cc2c1[nH]c1ccc(C(=O)N(CCN(C)C)CCN(C)C)cc12. The van der Waals surface area contributed by atoms with Crippen molar-refractivity contribution in [3.63, 3.8) is 0 Å². The lowest BCUT2D eigenvalue weighted by Crippen LogP contribution is -2.40. The second-order valence-corrected chi connectivity index (χ2v) is 10.3. The van der Waals surface area contributed by atoms with E-state index < -0.39 is 5.91 Å². The highest BCUT2D eigenvalue weighted by Gasteiger charge is 2.20. The second kappa shape index (κ2) is 10.00. The molecule has 3 aromatic carbocycles. The number of aromatic nitrogens is 2. The first-order chi connectivity index (χ1) is 18.2. The number of hydrogen-bond donors (Lipinski definition) is 3. The molecule has 9 nitrogen and oxygen atoms in total. The minimum Gasteiger partial charge on any atom is -0.492 e. The maximum atomic E-state index is 13.6. The third-order valence-electron chi connectivity index (χ3n) is 7.08. The molecule has 38 heavy (non-hydrogen) atoms. The molecule has 2 heterocycles. The standard InChI is InChI=1S/C29H34N6O3/c1-33(2)10-12-35(13-11-34(3)4)29(37)18-7-9-24-20(15-18)22-16-21-19-14-17(28(30)36)6-8-23(19)31-25(21)27(38-5)26(22)32-24/h6-9,14-16,31-32H,10-13H2,1-5H3,(H2,30,36). The average Bonchev–Trinajstić information content (AvgIpc) is 3.43. The molecule has 5 aromatic rings. The van der Waals surface area contributed by atoms with Crippen molar-refractivity contribution in [1.82, 2.24) is 24.7 Å². The summed E-state index contributed by atoms with van der Waals surface area (Å²) in [6, 6.07) is 13.3. The molecule has 0 unspecified atom stereocenters. The molecule has 0 radical (unpaired) electrons. The predicted octanol–water partition coefficient (Wildman–Crippen LogP) is 3.63. The van der Waals surface area contributed by atoms with Crippen molar-refractivity contribution < 1.29 is 14.3 Å². The highest BCUT2D eigenvalue weighted by Crippen LogP contribution is 2.41. The van der Waals surface area contributed by atoms with Crippen LogP contribution in [0.1, 0.15) is 20.7 Å². The molecule has 9 heteroatoms. The predicted molar refractivity (Wildman–Crippen MR) is 153 cm³/mol. The smallest absolute Gasteiger partial charge is 0.253 e. The van der Waals surface area contributed by atoms with Gasteiger partial charge in [-0.05, 0) is 70.7 Å². The molecule has 0 aliphatic rings. The monoisotopic (exact) mass is 514 g/mol. The number of nitrogens with one attached hydrogen (secondary N) is 2. The zero-order valence-electron chi connectivity index (χ0n) is 22.5. The van der Waals surface area contributed by atoms with E-state index in [9.17, 15) is 9.59 Å². The molecule has 0 saturated heterocycles. The number of hydrogen-bond acceptors (Lipinski definition) is 5. The van der Waals surface area contributed by atoms with Gasteiger partial charge in [0, 0.05) is 69.9 Å². The molecule has 0 spiro atoms. The lowest BCUT2D eigenvalue weighted by Gasteiger charge is -2.26. The number of primary amides is 1. The largest absolute Gasteiger partial charge is 0.492 e. The van der Waals surface area contributed by atoms with E-state index in [2.05, 4.69) is 25.8 Å². The highest BCUT2D eigenvalue weighted by atomic mass is 16.5. The number of carbonyl (C=O) groups excluding carboxylic acids is 2. The van der Waals surface area contributed by atoms with Crippen molar-refractivity contribution in [1.29, 1.82) is 0 Å². The fraction of sp³-hybridized carbons (Fsp3) is 0.310. The minimum atomic E-state index is -0.474. The van der Waals surface area contributed by atoms with E-state index in [-0.39, 0.29) is 5.91 Å². The van der Waals surface area contributed by atoms with E-state index in [1.165, 1.54) is 0 Å². The summed E-state index contributed by atoms with van der Waals surface area (Å²) in [6.07, 6.45) is 0. The van der Waals surface area contributed by atoms with Crippen LogP contribution in [0.2, 0.25) is 0 Å². The molecule has 2 aromatic heterocycles. The first-order valence-corrected chi connectivity index (χ1v) is 12.6. The summed E-state index contributed by atoms with van der Waals surface area (Å²) in [4.78, 5) is 38.5. The Kier molecular flexibility index (Phi) is 6.73. The fourth-order valence-electron chi connectivity index (χ4n) is 4.98. The fourth-order valence-corrected chi connectivity index (χ4v) is 4.98. The van der Waals surface area contributed by atoms with Gasteiger partial charge >= 0.3 is 0 Å². The van der Waals surface area contributed by atoms with Gasteiger partial charge in [0.2, 0.25) is 5.91 Å². The summed E-state index contributed by atoms with van der Waals surface area (Å²) in [7, 11) is 9.69. The van der Waals surface area contributed by atoms with Crippen LogP contribution in [0.3, 0.4) is 0 Å². The molecule has 0 bridgehead atoms. The van der Waals surface area contributed by atoms with Crippen LogP contribution in [0.4, 0.5) is 0 Å². The average molecular weight is 515 g/mol. The zero-order valence-corrected chi connectivity index (χ0v) is 22.5. The van der Waals surface area contributed by atoms with Crippen LogP contribution in [-0.4, -0.2) is 98.0 Å². The molecule has 5 rings (SSSR count). The minimum absolute atomic E-state index is 0.0104. The number of carbonyl (C=O) groups is 2. The molecular weight excluding hydrogens is 480 g/mol. The van der Waals surface area contributed by atoms with Crippen LogP contribution in [0.25, 0.3) is 43.6 Å². The molecule has 2 amide bonds. The number of fused-ring (bicyclic) bond motifs is 6. The Balaban J connectivity index is 1.65. The topological polar surface area (TPSA) is 111 Å². The van der Waals surface area contributed by atoms with Crippen molar-refractivity contribution in [3.8, 4) is 5.75 Å². The van der Waals surface area contributed by atoms with E-state index in [4.69, 9.17) is 10.5 Å². The van der Waals surface area contributed by atoms with Crippen molar-refractivity contribution in [2.24, 2.45) is 5.73 Å². The van der Waals surface area contributed by atoms with Gasteiger partial charge in [0.15, 0.2) is 5.75 Å². The number of nitrogens with two attached hydrogens (primary N) is 1. The molecule has 0 atom stereocenters. The van der Waals surface area contributed by atoms with Gasteiger partial charge in [-0.1, -0.05) is 0 Å². The molecule has 0 aliphatic heterocycles. The molecule has 0 fully saturated rings. The number of nitrogens with zero attached hydrogens (tertiary/aromatic N) is 3. The van der Waals surface area contributed by atoms with Crippen LogP contribution in [0.15, 0.2) is 42.5 Å². The van der Waals surface area contributed by atoms with Crippen LogP contribution in [-0.2, 0) is 0 Å². The van der Waals surface area contributed by atoms with Gasteiger partial charge in [0.25, 0.3) is 5.91 Å². The third kappa shape index (κ3) is 4.55. The van der Waals surface area contributed by atoms with E-state index in [1.54, 1.807) is 19.2 Å². The van der Waals surface area contributed by atoms with E-state index in [0.29, 0.717) is 30.0 Å². The van der Waals surface area contributed by atoms with Crippen LogP contribution in [0, 0.1) is 0 Å². The Morgan fingerprint density at radius 1 is 0.737 bits per heavy atom. The van der Waals surface area contributed by atoms with Crippen molar-refractivity contribution >= 4 is 55.4 Å². The Labute approximate surface area is 221 Å². The number of benzene rings is 3. The molecule has 198 valence electrons. The van der Waals surface area contributed by atoms with Gasteiger partial charge in [0.1, 0.15) is 0 Å². The summed E-state index contributed by atoms with van der Waals surface area (Å²) in [5.41, 5.74) is 10.1. The second-order valence-electron chi connectivity index (χ2n) is 10.3. The summed E-state index contributed by atoms with van der Waals surface area (Å²) in [5, 5.41) is 3.68. The summed E-state index contributed by atoms with van der Waals surface area (Å²) < 4.78 is 5.86. The molecule has 0 saturated carbocycles. The summed E-state index contributed by atoms with van der Waals surface area (Å²) >= 11 is 0. The number of methoxy groups -OCH3 is 1. The highest BCUT2D eigenvalue weighted by molar-refractivity contribution is 6.21. The zero-order chi connectivity index (χ0) is 27.1. The van der Waals surface area contributed by atoms with Gasteiger partial charge < -0.3 is 35.1 Å². The lowest BCUT2D eigenvalue weighted by molar-refractivity contribution is 0.0734. The van der Waals surface area contributed by atoms with Gasteiger partial charge in [-0.15, -0.1) is 0 Å². The van der Waals surface area contributed by atoms with Crippen LogP contribution < -0.4 is 10.5 Å². The van der Waals surface area contributed by atoms with Gasteiger partial charge in [-0.2, -0.15) is 0 Å². The van der Waals surface area contributed by atoms with Crippen LogP contribution >= 0.6 is 0 Å². The Morgan fingerprint density at radius 3 is 1.71 bits per heavy atom. The van der Waals surface area contributed by atoms with Crippen molar-refractivity contribution in [3.05, 3.63) is 53.6 Å². The summed E-state index contributed by atoms with van der Waals surface area (Å²) in [5.74, 6) is 0.214. The number of likely N-dealkylation sites (N-methyl/N-ethyl adjacent to an activating group) is 2. The molecule has 4 N–H and O–H groups in total. The van der Waals surface area contributed by atoms with Gasteiger partial charge in [-0.3, -0.25) is 9.59 Å². The number of H-pyrrole nitrogens is 2. The number of aromatic amines is 2. The first kappa shape index (κ1) is 25.6. The number of amides is 2. The van der Waals surface area contributed by atoms with Crippen molar-refractivity contribution in [2.75, 3.05) is 61.5 Å². The Morgan fingerprint density at radius 2 is 1.24 bits per heavy atom. The molecular formula is C29H34N6O3. The van der Waals surface area contributed by atoms with Gasteiger partial charge in [-0.25, -0.2) is 0 Å². The van der Waals surface area contributed by atoms with Crippen molar-refractivity contribution in [2.45, 2.75) is 0 Å². The maximum Gasteiger partial charge on any atom is 0.253 e.